The maximum Gasteiger partial charge on any atom is 0.338 e. The van der Waals surface area contributed by atoms with Crippen molar-refractivity contribution in [1.82, 2.24) is 14.1 Å². The largest absolute Gasteiger partial charge is 0.478 e. The van der Waals surface area contributed by atoms with Gasteiger partial charge < -0.3 is 24.9 Å². The number of fused-ring (bicyclic) bond motifs is 3. The Balaban J connectivity index is 1.84. The number of carboxylic acids is 1. The predicted molar refractivity (Wildman–Crippen MR) is 129 cm³/mol. The molecule has 1 fully saturated rings. The number of aromatic nitrogens is 3. The van der Waals surface area contributed by atoms with Crippen LogP contribution in [0.1, 0.15) is 28.8 Å². The number of nitrogens with zero attached hydrogens (tertiary/aromatic N) is 4. The number of hydrogen-bond donors (Lipinski definition) is 2. The number of hydrogen-bond acceptors (Lipinski definition) is 5. The Morgan fingerprint density at radius 2 is 2.06 bits per heavy atom. The quantitative estimate of drug-likeness (QED) is 0.443. The van der Waals surface area contributed by atoms with Crippen LogP contribution < -0.4 is 16.2 Å². The Morgan fingerprint density at radius 3 is 2.77 bits per heavy atom. The molecule has 0 unspecified atom stereocenters. The molecule has 1 saturated heterocycles. The number of halogens is 3. The van der Waals surface area contributed by atoms with Gasteiger partial charge in [-0.2, -0.15) is 0 Å². The topological polar surface area (TPSA) is 106 Å². The molecule has 2 aromatic heterocycles. The summed E-state index contributed by atoms with van der Waals surface area (Å²) in [5.41, 5.74) is 6.28. The average Bonchev–Trinajstić information content (AvgIpc) is 3.19. The first-order valence-corrected chi connectivity index (χ1v) is 11.4. The van der Waals surface area contributed by atoms with Crippen LogP contribution >= 0.6 is 11.6 Å². The maximum atomic E-state index is 14.7. The van der Waals surface area contributed by atoms with Gasteiger partial charge in [0, 0.05) is 36.6 Å². The summed E-state index contributed by atoms with van der Waals surface area (Å²) in [6, 6.07) is 6.11. The van der Waals surface area contributed by atoms with E-state index in [2.05, 4.69) is 0 Å². The number of pyridine rings is 1. The highest BCUT2D eigenvalue weighted by atomic mass is 35.5. The lowest BCUT2D eigenvalue weighted by Gasteiger charge is -2.32. The number of carbonyl (C=O) groups is 1. The second-order valence-corrected chi connectivity index (χ2v) is 9.20. The normalized spacial score (nSPS) is 16.4. The van der Waals surface area contributed by atoms with E-state index in [-0.39, 0.29) is 34.5 Å². The van der Waals surface area contributed by atoms with E-state index in [4.69, 9.17) is 22.3 Å². The van der Waals surface area contributed by atoms with Gasteiger partial charge in [-0.15, -0.1) is 0 Å². The van der Waals surface area contributed by atoms with Gasteiger partial charge in [-0.1, -0.05) is 11.6 Å². The van der Waals surface area contributed by atoms with Crippen LogP contribution in [0.3, 0.4) is 0 Å². The van der Waals surface area contributed by atoms with Gasteiger partial charge in [0.05, 0.1) is 17.6 Å². The summed E-state index contributed by atoms with van der Waals surface area (Å²) in [5.74, 6) is -2.42. The Kier molecular flexibility index (Phi) is 5.72. The number of carboxylic acid groups (broad SMARTS) is 1. The van der Waals surface area contributed by atoms with E-state index in [9.17, 15) is 23.5 Å². The van der Waals surface area contributed by atoms with Gasteiger partial charge >= 0.3 is 5.97 Å². The summed E-state index contributed by atoms with van der Waals surface area (Å²) in [6.45, 7) is 1.18. The molecule has 0 radical (unpaired) electrons. The molecule has 0 aliphatic carbocycles. The number of benzene rings is 2. The van der Waals surface area contributed by atoms with Gasteiger partial charge in [-0.25, -0.2) is 18.6 Å². The van der Waals surface area contributed by atoms with E-state index in [0.717, 1.165) is 25.0 Å². The van der Waals surface area contributed by atoms with E-state index in [0.29, 0.717) is 29.6 Å². The van der Waals surface area contributed by atoms with Crippen LogP contribution in [0.25, 0.3) is 21.9 Å². The summed E-state index contributed by atoms with van der Waals surface area (Å²) in [5, 5.41) is 9.96. The molecule has 0 amide bonds. The molecule has 0 spiro atoms. The van der Waals surface area contributed by atoms with Crippen LogP contribution in [0, 0.1) is 11.6 Å². The van der Waals surface area contributed by atoms with Crippen molar-refractivity contribution in [2.24, 2.45) is 12.8 Å². The minimum absolute atomic E-state index is 0.0462. The predicted octanol–water partition coefficient (Wildman–Crippen LogP) is 3.49. The number of anilines is 1. The molecule has 5 rings (SSSR count). The van der Waals surface area contributed by atoms with Crippen LogP contribution in [0.15, 0.2) is 35.1 Å². The van der Waals surface area contributed by atoms with Crippen LogP contribution in [-0.2, 0) is 13.6 Å². The molecule has 0 bridgehead atoms. The fourth-order valence-corrected chi connectivity index (χ4v) is 4.90. The Morgan fingerprint density at radius 1 is 1.29 bits per heavy atom. The molecule has 35 heavy (non-hydrogen) atoms. The highest BCUT2D eigenvalue weighted by molar-refractivity contribution is 6.31. The zero-order valence-corrected chi connectivity index (χ0v) is 19.5. The second kappa shape index (κ2) is 8.62. The number of aromatic carboxylic acids is 1. The summed E-state index contributed by atoms with van der Waals surface area (Å²) in [4.78, 5) is 31.7. The summed E-state index contributed by atoms with van der Waals surface area (Å²) in [7, 11) is 1.48. The van der Waals surface area contributed by atoms with E-state index in [1.54, 1.807) is 4.57 Å². The molecule has 182 valence electrons. The Labute approximate surface area is 203 Å². The number of nitrogens with two attached hydrogens (primary N) is 1. The fourth-order valence-electron chi connectivity index (χ4n) is 4.72. The van der Waals surface area contributed by atoms with E-state index >= 15 is 0 Å². The van der Waals surface area contributed by atoms with Crippen LogP contribution in [0.5, 0.6) is 0 Å². The van der Waals surface area contributed by atoms with Crippen molar-refractivity contribution in [3.8, 4) is 0 Å². The van der Waals surface area contributed by atoms with E-state index in [1.165, 1.54) is 29.8 Å². The van der Waals surface area contributed by atoms with Gasteiger partial charge in [-0.3, -0.25) is 4.79 Å². The molecule has 0 saturated carbocycles. The number of aryl methyl sites for hydroxylation is 1. The molecule has 1 aliphatic heterocycles. The molecule has 8 nitrogen and oxygen atoms in total. The molecule has 1 aliphatic rings. The zero-order valence-electron chi connectivity index (χ0n) is 18.8. The van der Waals surface area contributed by atoms with E-state index < -0.39 is 28.7 Å². The number of piperidine rings is 1. The third-order valence-corrected chi connectivity index (χ3v) is 6.83. The smallest absolute Gasteiger partial charge is 0.338 e. The van der Waals surface area contributed by atoms with Gasteiger partial charge in [0.2, 0.25) is 5.95 Å². The summed E-state index contributed by atoms with van der Waals surface area (Å²) < 4.78 is 31.6. The highest BCUT2D eigenvalue weighted by Crippen LogP contribution is 2.31. The Bertz CT molecular complexity index is 1570. The zero-order chi connectivity index (χ0) is 25.0. The molecule has 2 aromatic carbocycles. The number of imidazole rings is 1. The lowest BCUT2D eigenvalue weighted by Crippen LogP contribution is -2.44. The molecular weight excluding hydrogens is 480 g/mol. The lowest BCUT2D eigenvalue weighted by molar-refractivity contribution is 0.0692. The van der Waals surface area contributed by atoms with Crippen molar-refractivity contribution in [1.29, 1.82) is 0 Å². The molecule has 1 atom stereocenters. The Hall–Kier alpha value is -3.50. The highest BCUT2D eigenvalue weighted by Gasteiger charge is 2.27. The third-order valence-electron chi connectivity index (χ3n) is 6.46. The van der Waals surface area contributed by atoms with Crippen molar-refractivity contribution in [2.75, 3.05) is 18.0 Å². The average molecular weight is 502 g/mol. The van der Waals surface area contributed by atoms with Crippen LogP contribution in [-0.4, -0.2) is 44.3 Å². The first-order chi connectivity index (χ1) is 16.7. The first-order valence-electron chi connectivity index (χ1n) is 11.1. The molecule has 3 heterocycles. The fraction of sp³-hybridized carbons (Fsp3) is 0.292. The molecule has 3 N–H and O–H groups in total. The maximum absolute atomic E-state index is 14.7. The molecule has 4 aromatic rings. The van der Waals surface area contributed by atoms with Gasteiger partial charge in [0.25, 0.3) is 5.56 Å². The van der Waals surface area contributed by atoms with Crippen molar-refractivity contribution < 1.29 is 18.7 Å². The van der Waals surface area contributed by atoms with Crippen LogP contribution in [0.4, 0.5) is 14.7 Å². The van der Waals surface area contributed by atoms with Crippen molar-refractivity contribution in [2.45, 2.75) is 25.4 Å². The first kappa shape index (κ1) is 23.3. The minimum atomic E-state index is -1.44. The second-order valence-electron chi connectivity index (χ2n) is 8.80. The van der Waals surface area contributed by atoms with Crippen LogP contribution in [0.2, 0.25) is 5.02 Å². The lowest BCUT2D eigenvalue weighted by atomic mass is 10.1. The van der Waals surface area contributed by atoms with Gasteiger partial charge in [0.15, 0.2) is 0 Å². The van der Waals surface area contributed by atoms with Crippen molar-refractivity contribution in [3.63, 3.8) is 0 Å². The van der Waals surface area contributed by atoms with Crippen molar-refractivity contribution >= 4 is 45.5 Å². The van der Waals surface area contributed by atoms with Gasteiger partial charge in [-0.05, 0) is 48.7 Å². The number of rotatable bonds is 4. The van der Waals surface area contributed by atoms with Gasteiger partial charge in [0.1, 0.15) is 22.7 Å². The molecule has 11 heteroatoms. The molecular formula is C24H22ClF2N5O3. The summed E-state index contributed by atoms with van der Waals surface area (Å²) in [6.07, 6.45) is 1.67. The minimum Gasteiger partial charge on any atom is -0.478 e. The standard InChI is InChI=1S/C24H22ClF2N5O3/c1-30-19-9-15(23(34)35)18(27)8-16(19)20-21(22(30)33)32(10-12-7-13(26)4-5-17(12)25)24(29-20)31-6-2-3-14(28)11-31/h4-5,7-9,14H,2-3,6,10-11,28H2,1H3,(H,34,35)/t14-/m1/s1. The van der Waals surface area contributed by atoms with Crippen molar-refractivity contribution in [3.05, 3.63) is 68.5 Å². The SMILES string of the molecule is Cn1c(=O)c2c(nc(N3CCC[C@@H](N)C3)n2Cc2cc(F)ccc2Cl)c2cc(F)c(C(=O)O)cc21. The third kappa shape index (κ3) is 3.92. The van der Waals surface area contributed by atoms with E-state index in [1.807, 2.05) is 4.90 Å². The monoisotopic (exact) mass is 501 g/mol. The summed E-state index contributed by atoms with van der Waals surface area (Å²) >= 11 is 6.34.